The topological polar surface area (TPSA) is 131 Å². The van der Waals surface area contributed by atoms with Gasteiger partial charge in [-0.3, -0.25) is 14.2 Å². The van der Waals surface area contributed by atoms with Crippen molar-refractivity contribution in [3.8, 4) is 17.2 Å². The van der Waals surface area contributed by atoms with Crippen molar-refractivity contribution in [1.29, 1.82) is 5.26 Å². The molecule has 35 heavy (non-hydrogen) atoms. The summed E-state index contributed by atoms with van der Waals surface area (Å²) < 4.78 is 3.08. The van der Waals surface area contributed by atoms with Crippen LogP contribution in [-0.2, 0) is 5.54 Å². The second kappa shape index (κ2) is 8.43. The standard InChI is InChI=1S/C25H24N8O2/c1-15(2)33-22-18(12-29-33)11-28-21(30-22)23(34)31-25(8-9-25)19-6-4-17(5-7-19)20-13-27-14-32(24(20)35)16(3)10-26/h4-7,11-16H,8-9H2,1-3H3,(H,31,34)/t16-/m0/s1. The third-order valence-electron chi connectivity index (χ3n) is 6.34. The predicted octanol–water partition coefficient (Wildman–Crippen LogP) is 3.13. The normalized spacial score (nSPS) is 15.1. The quantitative estimate of drug-likeness (QED) is 0.460. The first-order valence-corrected chi connectivity index (χ1v) is 11.4. The summed E-state index contributed by atoms with van der Waals surface area (Å²) in [6.07, 6.45) is 7.77. The van der Waals surface area contributed by atoms with Gasteiger partial charge in [-0.2, -0.15) is 10.4 Å². The maximum atomic E-state index is 13.0. The maximum absolute atomic E-state index is 13.0. The van der Waals surface area contributed by atoms with Gasteiger partial charge in [0.1, 0.15) is 6.04 Å². The zero-order valence-corrected chi connectivity index (χ0v) is 19.6. The Bertz CT molecular complexity index is 1520. The molecule has 1 aliphatic carbocycles. The Hall–Kier alpha value is -4.39. The van der Waals surface area contributed by atoms with E-state index in [9.17, 15) is 9.59 Å². The molecular weight excluding hydrogens is 444 g/mol. The Morgan fingerprint density at radius 3 is 2.54 bits per heavy atom. The molecule has 0 bridgehead atoms. The van der Waals surface area contributed by atoms with Crippen LogP contribution in [0.2, 0.25) is 0 Å². The molecule has 1 saturated carbocycles. The molecule has 0 radical (unpaired) electrons. The molecule has 1 aliphatic rings. The molecule has 1 N–H and O–H groups in total. The van der Waals surface area contributed by atoms with Crippen LogP contribution in [0.1, 0.15) is 61.9 Å². The van der Waals surface area contributed by atoms with Crippen molar-refractivity contribution in [2.45, 2.75) is 51.2 Å². The molecule has 1 amide bonds. The first-order valence-electron chi connectivity index (χ1n) is 11.4. The molecule has 1 atom stereocenters. The Balaban J connectivity index is 1.39. The smallest absolute Gasteiger partial charge is 0.289 e. The Morgan fingerprint density at radius 1 is 1.14 bits per heavy atom. The Morgan fingerprint density at radius 2 is 1.89 bits per heavy atom. The first-order chi connectivity index (χ1) is 16.8. The highest BCUT2D eigenvalue weighted by atomic mass is 16.2. The van der Waals surface area contributed by atoms with Gasteiger partial charge in [0.25, 0.3) is 11.5 Å². The predicted molar refractivity (Wildman–Crippen MR) is 128 cm³/mol. The minimum absolute atomic E-state index is 0.102. The van der Waals surface area contributed by atoms with Crippen molar-refractivity contribution in [1.82, 2.24) is 34.6 Å². The van der Waals surface area contributed by atoms with Gasteiger partial charge in [0.05, 0.1) is 35.1 Å². The highest BCUT2D eigenvalue weighted by Crippen LogP contribution is 2.46. The number of nitriles is 1. The first kappa shape index (κ1) is 22.4. The molecule has 176 valence electrons. The number of benzene rings is 1. The van der Waals surface area contributed by atoms with Crippen molar-refractivity contribution in [2.75, 3.05) is 0 Å². The number of carbonyl (C=O) groups excluding carboxylic acids is 1. The Kier molecular flexibility index (Phi) is 5.40. The van der Waals surface area contributed by atoms with E-state index in [1.807, 2.05) is 38.1 Å². The average Bonchev–Trinajstić information content (AvgIpc) is 3.51. The molecule has 10 nitrogen and oxygen atoms in total. The van der Waals surface area contributed by atoms with Gasteiger partial charge in [0.2, 0.25) is 5.82 Å². The van der Waals surface area contributed by atoms with Gasteiger partial charge < -0.3 is 5.32 Å². The lowest BCUT2D eigenvalue weighted by molar-refractivity contribution is 0.0920. The average molecular weight is 469 g/mol. The van der Waals surface area contributed by atoms with Crippen LogP contribution in [0.4, 0.5) is 0 Å². The summed E-state index contributed by atoms with van der Waals surface area (Å²) in [5.74, 6) is -0.240. The van der Waals surface area contributed by atoms with E-state index < -0.39 is 11.6 Å². The fourth-order valence-electron chi connectivity index (χ4n) is 4.14. The minimum Gasteiger partial charge on any atom is -0.340 e. The zero-order valence-electron chi connectivity index (χ0n) is 19.6. The molecule has 3 heterocycles. The molecule has 0 unspecified atom stereocenters. The summed E-state index contributed by atoms with van der Waals surface area (Å²) in [4.78, 5) is 38.7. The van der Waals surface area contributed by atoms with E-state index in [1.54, 1.807) is 24.0 Å². The summed E-state index contributed by atoms with van der Waals surface area (Å²) in [7, 11) is 0. The largest absolute Gasteiger partial charge is 0.340 e. The highest BCUT2D eigenvalue weighted by molar-refractivity contribution is 5.93. The molecule has 4 aromatic rings. The lowest BCUT2D eigenvalue weighted by atomic mass is 10.0. The fraction of sp³-hybridized carbons (Fsp3) is 0.320. The molecule has 0 spiro atoms. The van der Waals surface area contributed by atoms with Gasteiger partial charge in [0, 0.05) is 18.4 Å². The molecule has 10 heteroatoms. The maximum Gasteiger partial charge on any atom is 0.289 e. The van der Waals surface area contributed by atoms with E-state index in [2.05, 4.69) is 31.4 Å². The van der Waals surface area contributed by atoms with Crippen molar-refractivity contribution in [3.05, 3.63) is 70.9 Å². The molecule has 3 aromatic heterocycles. The number of fused-ring (bicyclic) bond motifs is 1. The van der Waals surface area contributed by atoms with Crippen molar-refractivity contribution in [3.63, 3.8) is 0 Å². The van der Waals surface area contributed by atoms with Gasteiger partial charge in [-0.15, -0.1) is 0 Å². The molecule has 1 fully saturated rings. The van der Waals surface area contributed by atoms with E-state index in [1.165, 1.54) is 17.1 Å². The zero-order chi connectivity index (χ0) is 24.7. The third-order valence-corrected chi connectivity index (χ3v) is 6.34. The monoisotopic (exact) mass is 468 g/mol. The van der Waals surface area contributed by atoms with Gasteiger partial charge in [0.15, 0.2) is 5.65 Å². The van der Waals surface area contributed by atoms with Gasteiger partial charge in [-0.1, -0.05) is 24.3 Å². The summed E-state index contributed by atoms with van der Waals surface area (Å²) in [5, 5.41) is 17.4. The molecule has 0 aliphatic heterocycles. The number of rotatable bonds is 6. The second-order valence-corrected chi connectivity index (χ2v) is 9.09. The molecule has 5 rings (SSSR count). The summed E-state index contributed by atoms with van der Waals surface area (Å²) in [6.45, 7) is 5.65. The van der Waals surface area contributed by atoms with E-state index in [0.29, 0.717) is 16.8 Å². The van der Waals surface area contributed by atoms with Crippen molar-refractivity contribution < 1.29 is 4.79 Å². The van der Waals surface area contributed by atoms with E-state index in [4.69, 9.17) is 5.26 Å². The van der Waals surface area contributed by atoms with Crippen LogP contribution < -0.4 is 10.9 Å². The van der Waals surface area contributed by atoms with Crippen LogP contribution in [0.25, 0.3) is 22.2 Å². The fourth-order valence-corrected chi connectivity index (χ4v) is 4.14. The number of carbonyl (C=O) groups is 1. The number of nitrogens with zero attached hydrogens (tertiary/aromatic N) is 7. The number of nitrogens with one attached hydrogen (secondary N) is 1. The van der Waals surface area contributed by atoms with Crippen LogP contribution in [0.5, 0.6) is 0 Å². The molecule has 0 saturated heterocycles. The van der Waals surface area contributed by atoms with Crippen molar-refractivity contribution >= 4 is 16.9 Å². The van der Waals surface area contributed by atoms with Crippen LogP contribution in [0, 0.1) is 11.3 Å². The van der Waals surface area contributed by atoms with Crippen LogP contribution >= 0.6 is 0 Å². The molecule has 1 aromatic carbocycles. The summed E-state index contributed by atoms with van der Waals surface area (Å²) in [6, 6.07) is 9.04. The highest BCUT2D eigenvalue weighted by Gasteiger charge is 2.46. The van der Waals surface area contributed by atoms with E-state index in [0.717, 1.165) is 23.8 Å². The van der Waals surface area contributed by atoms with Crippen molar-refractivity contribution in [2.24, 2.45) is 0 Å². The summed E-state index contributed by atoms with van der Waals surface area (Å²) >= 11 is 0. The number of hydrogen-bond donors (Lipinski definition) is 1. The van der Waals surface area contributed by atoms with E-state index in [-0.39, 0.29) is 23.3 Å². The number of aromatic nitrogens is 6. The van der Waals surface area contributed by atoms with Gasteiger partial charge in [-0.25, -0.2) is 19.6 Å². The van der Waals surface area contributed by atoms with Gasteiger partial charge >= 0.3 is 0 Å². The number of amides is 1. The lowest BCUT2D eigenvalue weighted by Crippen LogP contribution is -2.36. The van der Waals surface area contributed by atoms with Crippen LogP contribution in [-0.4, -0.2) is 35.2 Å². The van der Waals surface area contributed by atoms with Gasteiger partial charge in [-0.05, 0) is 44.7 Å². The second-order valence-electron chi connectivity index (χ2n) is 9.09. The number of hydrogen-bond acceptors (Lipinski definition) is 7. The van der Waals surface area contributed by atoms with Crippen LogP contribution in [0.15, 0.2) is 54.0 Å². The van der Waals surface area contributed by atoms with Crippen LogP contribution in [0.3, 0.4) is 0 Å². The summed E-state index contributed by atoms with van der Waals surface area (Å²) in [5.41, 5.74) is 1.92. The molecular formula is C25H24N8O2. The Labute approximate surface area is 201 Å². The minimum atomic E-state index is -0.611. The lowest BCUT2D eigenvalue weighted by Gasteiger charge is -2.18. The third kappa shape index (κ3) is 3.95. The van der Waals surface area contributed by atoms with E-state index >= 15 is 0 Å². The SMILES string of the molecule is CC(C)n1ncc2cnc(C(=O)NC3(c4ccc(-c5cncn([C@@H](C)C#N)c5=O)cc4)CC3)nc21.